The highest BCUT2D eigenvalue weighted by molar-refractivity contribution is 7.90. The van der Waals surface area contributed by atoms with Crippen molar-refractivity contribution in [1.29, 1.82) is 0 Å². The van der Waals surface area contributed by atoms with E-state index in [9.17, 15) is 13.2 Å². The van der Waals surface area contributed by atoms with Crippen LogP contribution in [0.25, 0.3) is 27.8 Å². The number of benzene rings is 4. The first-order chi connectivity index (χ1) is 17.3. The number of nitrogens with zero attached hydrogens (tertiary/aromatic N) is 1. The Morgan fingerprint density at radius 2 is 1.72 bits per heavy atom. The van der Waals surface area contributed by atoms with E-state index < -0.39 is 15.9 Å². The number of amides is 1. The maximum absolute atomic E-state index is 12.5. The number of fused-ring (bicyclic) bond motifs is 2. The molecule has 1 N–H and O–H groups in total. The SMILES string of the molecule is Cn1cc(/C=C/C(=O)NS(=O)(=O)c2cccc(Cl)c2)c2c(Oc3ccc4ccccc4c3)cccc21. The Labute approximate surface area is 213 Å². The molecule has 0 fully saturated rings. The molecule has 0 bridgehead atoms. The third-order valence-electron chi connectivity index (χ3n) is 5.71. The van der Waals surface area contributed by atoms with E-state index in [1.54, 1.807) is 12.1 Å². The van der Waals surface area contributed by atoms with Crippen LogP contribution in [-0.2, 0) is 21.9 Å². The van der Waals surface area contributed by atoms with Crippen LogP contribution in [0.3, 0.4) is 0 Å². The first-order valence-corrected chi connectivity index (χ1v) is 12.9. The maximum Gasteiger partial charge on any atom is 0.264 e. The largest absolute Gasteiger partial charge is 0.457 e. The fourth-order valence-corrected chi connectivity index (χ4v) is 5.29. The van der Waals surface area contributed by atoms with Crippen LogP contribution in [0.4, 0.5) is 0 Å². The lowest BCUT2D eigenvalue weighted by atomic mass is 10.1. The zero-order chi connectivity index (χ0) is 25.3. The lowest BCUT2D eigenvalue weighted by Crippen LogP contribution is -2.28. The Bertz CT molecular complexity index is 1760. The third-order valence-corrected chi connectivity index (χ3v) is 7.29. The normalized spacial score (nSPS) is 11.8. The van der Waals surface area contributed by atoms with Crippen LogP contribution in [0.1, 0.15) is 5.56 Å². The van der Waals surface area contributed by atoms with Gasteiger partial charge in [-0.3, -0.25) is 4.79 Å². The molecular weight excluding hydrogens is 496 g/mol. The summed E-state index contributed by atoms with van der Waals surface area (Å²) in [6.07, 6.45) is 4.61. The minimum atomic E-state index is -4.06. The van der Waals surface area contributed by atoms with Gasteiger partial charge in [0, 0.05) is 35.3 Å². The van der Waals surface area contributed by atoms with Gasteiger partial charge in [0.15, 0.2) is 0 Å². The average molecular weight is 517 g/mol. The quantitative estimate of drug-likeness (QED) is 0.269. The molecule has 4 aromatic carbocycles. The van der Waals surface area contributed by atoms with Crippen LogP contribution in [-0.4, -0.2) is 18.9 Å². The zero-order valence-corrected chi connectivity index (χ0v) is 20.8. The number of carbonyl (C=O) groups excluding carboxylic acids is 1. The van der Waals surface area contributed by atoms with Crippen LogP contribution in [0.5, 0.6) is 11.5 Å². The van der Waals surface area contributed by atoms with E-state index in [2.05, 4.69) is 0 Å². The van der Waals surface area contributed by atoms with Gasteiger partial charge >= 0.3 is 0 Å². The number of sulfonamides is 1. The van der Waals surface area contributed by atoms with E-state index >= 15 is 0 Å². The molecule has 0 atom stereocenters. The molecule has 0 aliphatic heterocycles. The molecular formula is C28H21ClN2O4S. The van der Waals surface area contributed by atoms with Crippen LogP contribution >= 0.6 is 11.6 Å². The zero-order valence-electron chi connectivity index (χ0n) is 19.2. The summed E-state index contributed by atoms with van der Waals surface area (Å²) in [5.41, 5.74) is 1.61. The summed E-state index contributed by atoms with van der Waals surface area (Å²) >= 11 is 5.88. The molecule has 5 rings (SSSR count). The molecule has 1 aromatic heterocycles. The van der Waals surface area contributed by atoms with E-state index in [0.29, 0.717) is 17.1 Å². The second kappa shape index (κ2) is 9.53. The van der Waals surface area contributed by atoms with Crippen LogP contribution in [0.15, 0.2) is 102 Å². The van der Waals surface area contributed by atoms with Crippen LogP contribution < -0.4 is 9.46 Å². The van der Waals surface area contributed by atoms with Gasteiger partial charge < -0.3 is 9.30 Å². The van der Waals surface area contributed by atoms with Gasteiger partial charge in [-0.15, -0.1) is 0 Å². The van der Waals surface area contributed by atoms with E-state index in [-0.39, 0.29) is 9.92 Å². The number of hydrogen-bond acceptors (Lipinski definition) is 4. The highest BCUT2D eigenvalue weighted by Crippen LogP contribution is 2.35. The fourth-order valence-electron chi connectivity index (χ4n) is 4.04. The summed E-state index contributed by atoms with van der Waals surface area (Å²) in [5.74, 6) is 0.528. The summed E-state index contributed by atoms with van der Waals surface area (Å²) in [7, 11) is -2.16. The summed E-state index contributed by atoms with van der Waals surface area (Å²) in [6, 6.07) is 25.3. The average Bonchev–Trinajstić information content (AvgIpc) is 3.19. The minimum Gasteiger partial charge on any atom is -0.457 e. The van der Waals surface area contributed by atoms with Crippen molar-refractivity contribution in [1.82, 2.24) is 9.29 Å². The highest BCUT2D eigenvalue weighted by Gasteiger charge is 2.17. The van der Waals surface area contributed by atoms with Gasteiger partial charge in [0.05, 0.1) is 10.4 Å². The first-order valence-electron chi connectivity index (χ1n) is 11.1. The molecule has 0 aliphatic carbocycles. The van der Waals surface area contributed by atoms with Crippen molar-refractivity contribution in [3.8, 4) is 11.5 Å². The standard InChI is InChI=1S/C28H21ClN2O4S/c1-31-18-21(13-15-27(32)30-36(33,34)24-9-4-8-22(29)17-24)28-25(31)10-5-11-26(28)35-23-14-12-19-6-2-3-7-20(19)16-23/h2-18H,1H3,(H,30,32)/b15-13+. The Morgan fingerprint density at radius 3 is 2.53 bits per heavy atom. The minimum absolute atomic E-state index is 0.0898. The summed E-state index contributed by atoms with van der Waals surface area (Å²) < 4.78 is 35.3. The molecule has 5 aromatic rings. The van der Waals surface area contributed by atoms with Gasteiger partial charge in [-0.1, -0.05) is 54.1 Å². The maximum atomic E-state index is 12.5. The molecule has 1 amide bonds. The van der Waals surface area contributed by atoms with Gasteiger partial charge in [-0.05, 0) is 59.3 Å². The molecule has 6 nitrogen and oxygen atoms in total. The number of ether oxygens (including phenoxy) is 1. The van der Waals surface area contributed by atoms with Crippen molar-refractivity contribution in [3.63, 3.8) is 0 Å². The summed E-state index contributed by atoms with van der Waals surface area (Å²) in [5, 5.41) is 3.24. The van der Waals surface area contributed by atoms with Crippen LogP contribution in [0.2, 0.25) is 5.02 Å². The molecule has 0 aliphatic rings. The molecule has 0 unspecified atom stereocenters. The molecule has 36 heavy (non-hydrogen) atoms. The van der Waals surface area contributed by atoms with Crippen molar-refractivity contribution in [2.75, 3.05) is 0 Å². The number of rotatable bonds is 6. The number of aryl methyl sites for hydroxylation is 1. The summed E-state index contributed by atoms with van der Waals surface area (Å²) in [4.78, 5) is 12.4. The number of halogens is 1. The summed E-state index contributed by atoms with van der Waals surface area (Å²) in [6.45, 7) is 0. The first kappa shape index (κ1) is 23.7. The van der Waals surface area contributed by atoms with Gasteiger partial charge in [0.2, 0.25) is 0 Å². The van der Waals surface area contributed by atoms with Crippen molar-refractivity contribution < 1.29 is 17.9 Å². The predicted molar refractivity (Wildman–Crippen MR) is 143 cm³/mol. The number of hydrogen-bond donors (Lipinski definition) is 1. The molecule has 0 saturated carbocycles. The van der Waals surface area contributed by atoms with E-state index in [1.807, 2.05) is 83.2 Å². The van der Waals surface area contributed by atoms with Crippen molar-refractivity contribution >= 4 is 55.3 Å². The topological polar surface area (TPSA) is 77.4 Å². The van der Waals surface area contributed by atoms with Gasteiger partial charge in [-0.25, -0.2) is 13.1 Å². The highest BCUT2D eigenvalue weighted by atomic mass is 35.5. The smallest absolute Gasteiger partial charge is 0.264 e. The second-order valence-corrected chi connectivity index (χ2v) is 10.3. The Kier molecular flexibility index (Phi) is 6.26. The van der Waals surface area contributed by atoms with E-state index in [0.717, 1.165) is 21.7 Å². The van der Waals surface area contributed by atoms with Crippen molar-refractivity contribution in [2.45, 2.75) is 4.90 Å². The van der Waals surface area contributed by atoms with Gasteiger partial charge in [-0.2, -0.15) is 0 Å². The van der Waals surface area contributed by atoms with Gasteiger partial charge in [0.25, 0.3) is 15.9 Å². The number of carbonyl (C=O) groups is 1. The Morgan fingerprint density at radius 1 is 0.944 bits per heavy atom. The van der Waals surface area contributed by atoms with Crippen molar-refractivity contribution in [3.05, 3.63) is 108 Å². The lowest BCUT2D eigenvalue weighted by Gasteiger charge is -2.09. The molecule has 8 heteroatoms. The second-order valence-electron chi connectivity index (χ2n) is 8.22. The predicted octanol–water partition coefficient (Wildman–Crippen LogP) is 6.30. The molecule has 0 radical (unpaired) electrons. The third kappa shape index (κ3) is 4.84. The number of nitrogens with one attached hydrogen (secondary N) is 1. The number of aromatic nitrogens is 1. The molecule has 0 saturated heterocycles. The fraction of sp³-hybridized carbons (Fsp3) is 0.0357. The van der Waals surface area contributed by atoms with Gasteiger partial charge in [0.1, 0.15) is 11.5 Å². The van der Waals surface area contributed by atoms with Crippen LogP contribution in [0, 0.1) is 0 Å². The van der Waals surface area contributed by atoms with Crippen molar-refractivity contribution in [2.24, 2.45) is 7.05 Å². The van der Waals surface area contributed by atoms with E-state index in [1.165, 1.54) is 24.3 Å². The lowest BCUT2D eigenvalue weighted by molar-refractivity contribution is -0.114. The molecule has 0 spiro atoms. The monoisotopic (exact) mass is 516 g/mol. The Hall–Kier alpha value is -4.07. The molecule has 1 heterocycles. The Balaban J connectivity index is 1.44. The van der Waals surface area contributed by atoms with E-state index in [4.69, 9.17) is 16.3 Å². The molecule has 180 valence electrons.